The number of hydrogen-bond donors (Lipinski definition) is 0. The molecule has 1 aliphatic rings. The molecule has 1 saturated heterocycles. The molecule has 0 saturated carbocycles. The minimum absolute atomic E-state index is 0.120. The maximum atomic E-state index is 12.6. The van der Waals surface area contributed by atoms with Gasteiger partial charge in [-0.2, -0.15) is 0 Å². The Labute approximate surface area is 154 Å². The van der Waals surface area contributed by atoms with Gasteiger partial charge in [0.05, 0.1) is 13.0 Å². The monoisotopic (exact) mass is 364 g/mol. The third-order valence-electron chi connectivity index (χ3n) is 4.03. The lowest BCUT2D eigenvalue weighted by molar-refractivity contribution is -0.130. The highest BCUT2D eigenvalue weighted by Gasteiger charge is 2.22. The fourth-order valence-corrected chi connectivity index (χ4v) is 3.65. The number of hydrogen-bond acceptors (Lipinski definition) is 4. The van der Waals surface area contributed by atoms with Crippen LogP contribution >= 0.6 is 11.8 Å². The molecule has 0 aromatic heterocycles. The van der Waals surface area contributed by atoms with Crippen LogP contribution in [0.2, 0.25) is 0 Å². The van der Waals surface area contributed by atoms with E-state index in [0.29, 0.717) is 44.5 Å². The molecule has 0 atom stereocenters. The average Bonchev–Trinajstić information content (AvgIpc) is 2.82. The summed E-state index contributed by atoms with van der Waals surface area (Å²) in [6, 6.07) is 8.23. The molecule has 1 aliphatic heterocycles. The van der Waals surface area contributed by atoms with Crippen LogP contribution in [0.4, 0.5) is 4.79 Å². The summed E-state index contributed by atoms with van der Waals surface area (Å²) in [7, 11) is 0. The number of amides is 2. The Morgan fingerprint density at radius 1 is 1.08 bits per heavy atom. The zero-order valence-corrected chi connectivity index (χ0v) is 16.2. The van der Waals surface area contributed by atoms with Gasteiger partial charge in [0.2, 0.25) is 5.91 Å². The van der Waals surface area contributed by atoms with E-state index < -0.39 is 0 Å². The molecular formula is C19H28N2O3S. The molecule has 138 valence electrons. The predicted octanol–water partition coefficient (Wildman–Crippen LogP) is 3.42. The number of thioether (sulfide) groups is 1. The van der Waals surface area contributed by atoms with Gasteiger partial charge in [0.25, 0.3) is 0 Å². The summed E-state index contributed by atoms with van der Waals surface area (Å²) in [5.41, 5.74) is 1.03. The predicted molar refractivity (Wildman–Crippen MR) is 101 cm³/mol. The molecule has 1 aromatic carbocycles. The Morgan fingerprint density at radius 2 is 1.72 bits per heavy atom. The van der Waals surface area contributed by atoms with Crippen molar-refractivity contribution >= 4 is 23.8 Å². The molecule has 0 unspecified atom stereocenters. The van der Waals surface area contributed by atoms with Crippen molar-refractivity contribution in [2.75, 3.05) is 32.8 Å². The Bertz CT molecular complexity index is 575. The van der Waals surface area contributed by atoms with Crippen molar-refractivity contribution < 1.29 is 14.3 Å². The number of carbonyl (C=O) groups is 2. The summed E-state index contributed by atoms with van der Waals surface area (Å²) in [6.07, 6.45) is 0.913. The van der Waals surface area contributed by atoms with Crippen LogP contribution in [-0.4, -0.2) is 59.8 Å². The molecule has 0 spiro atoms. The van der Waals surface area contributed by atoms with Gasteiger partial charge < -0.3 is 14.5 Å². The van der Waals surface area contributed by atoms with E-state index in [-0.39, 0.29) is 12.0 Å². The van der Waals surface area contributed by atoms with Gasteiger partial charge in [-0.25, -0.2) is 4.79 Å². The number of nitrogens with zero attached hydrogens (tertiary/aromatic N) is 2. The summed E-state index contributed by atoms with van der Waals surface area (Å²) in [5, 5.41) is 0.548. The Kier molecular flexibility index (Phi) is 7.62. The van der Waals surface area contributed by atoms with Gasteiger partial charge >= 0.3 is 6.09 Å². The van der Waals surface area contributed by atoms with Gasteiger partial charge in [-0.15, -0.1) is 11.8 Å². The molecule has 2 rings (SSSR count). The molecule has 6 heteroatoms. The summed E-state index contributed by atoms with van der Waals surface area (Å²) in [6.45, 7) is 8.95. The van der Waals surface area contributed by atoms with Crippen LogP contribution in [0, 0.1) is 0 Å². The Hall–Kier alpha value is -1.69. The first-order valence-corrected chi connectivity index (χ1v) is 9.82. The van der Waals surface area contributed by atoms with Gasteiger partial charge in [0.1, 0.15) is 0 Å². The van der Waals surface area contributed by atoms with Crippen molar-refractivity contribution in [3.8, 4) is 0 Å². The van der Waals surface area contributed by atoms with Crippen molar-refractivity contribution in [1.29, 1.82) is 0 Å². The van der Waals surface area contributed by atoms with Crippen LogP contribution < -0.4 is 0 Å². The summed E-state index contributed by atoms with van der Waals surface area (Å²) in [4.78, 5) is 29.2. The molecule has 0 radical (unpaired) electrons. The number of rotatable bonds is 5. The third-order valence-corrected chi connectivity index (χ3v) is 5.04. The SMILES string of the molecule is CCOC(=O)N1CCCN(C(=O)Cc2ccc(SC(C)C)cc2)CC1. The molecule has 1 fully saturated rings. The van der Waals surface area contributed by atoms with Crippen LogP contribution in [0.5, 0.6) is 0 Å². The van der Waals surface area contributed by atoms with Gasteiger partial charge in [0.15, 0.2) is 0 Å². The fourth-order valence-electron chi connectivity index (χ4n) is 2.81. The van der Waals surface area contributed by atoms with E-state index in [9.17, 15) is 9.59 Å². The summed E-state index contributed by atoms with van der Waals surface area (Å²) < 4.78 is 5.05. The Balaban J connectivity index is 1.87. The van der Waals surface area contributed by atoms with Crippen LogP contribution in [0.1, 0.15) is 32.8 Å². The van der Waals surface area contributed by atoms with Gasteiger partial charge in [-0.1, -0.05) is 26.0 Å². The zero-order valence-electron chi connectivity index (χ0n) is 15.4. The first-order chi connectivity index (χ1) is 12.0. The van der Waals surface area contributed by atoms with Crippen LogP contribution in [0.15, 0.2) is 29.2 Å². The van der Waals surface area contributed by atoms with E-state index in [1.807, 2.05) is 28.8 Å². The lowest BCUT2D eigenvalue weighted by atomic mass is 10.1. The quantitative estimate of drug-likeness (QED) is 0.751. The van der Waals surface area contributed by atoms with Crippen LogP contribution in [-0.2, 0) is 16.0 Å². The second kappa shape index (κ2) is 9.70. The molecule has 0 N–H and O–H groups in total. The highest BCUT2D eigenvalue weighted by Crippen LogP contribution is 2.23. The highest BCUT2D eigenvalue weighted by atomic mass is 32.2. The van der Waals surface area contributed by atoms with E-state index in [0.717, 1.165) is 12.0 Å². The van der Waals surface area contributed by atoms with E-state index >= 15 is 0 Å². The van der Waals surface area contributed by atoms with Gasteiger partial charge in [0, 0.05) is 36.3 Å². The van der Waals surface area contributed by atoms with E-state index in [4.69, 9.17) is 4.74 Å². The second-order valence-corrected chi connectivity index (χ2v) is 8.06. The first-order valence-electron chi connectivity index (χ1n) is 8.94. The molecule has 1 heterocycles. The molecule has 5 nitrogen and oxygen atoms in total. The van der Waals surface area contributed by atoms with Crippen molar-refractivity contribution in [1.82, 2.24) is 9.80 Å². The molecule has 25 heavy (non-hydrogen) atoms. The van der Waals surface area contributed by atoms with Crippen molar-refractivity contribution in [2.45, 2.75) is 43.8 Å². The number of carbonyl (C=O) groups excluding carboxylic acids is 2. The van der Waals surface area contributed by atoms with Crippen LogP contribution in [0.25, 0.3) is 0 Å². The zero-order chi connectivity index (χ0) is 18.2. The minimum Gasteiger partial charge on any atom is -0.450 e. The lowest BCUT2D eigenvalue weighted by Gasteiger charge is -2.21. The minimum atomic E-state index is -0.282. The normalized spacial score (nSPS) is 15.2. The van der Waals surface area contributed by atoms with Gasteiger partial charge in [-0.05, 0) is 31.0 Å². The van der Waals surface area contributed by atoms with Gasteiger partial charge in [-0.3, -0.25) is 4.79 Å². The number of ether oxygens (including phenoxy) is 1. The van der Waals surface area contributed by atoms with Crippen molar-refractivity contribution in [3.63, 3.8) is 0 Å². The summed E-state index contributed by atoms with van der Waals surface area (Å²) in [5.74, 6) is 0.120. The number of benzene rings is 1. The van der Waals surface area contributed by atoms with Crippen LogP contribution in [0.3, 0.4) is 0 Å². The van der Waals surface area contributed by atoms with E-state index in [1.165, 1.54) is 4.90 Å². The van der Waals surface area contributed by atoms with Crippen molar-refractivity contribution in [2.24, 2.45) is 0 Å². The molecule has 0 aliphatic carbocycles. The molecule has 0 bridgehead atoms. The average molecular weight is 365 g/mol. The second-order valence-electron chi connectivity index (χ2n) is 6.41. The molecular weight excluding hydrogens is 336 g/mol. The maximum absolute atomic E-state index is 12.6. The fraction of sp³-hybridized carbons (Fsp3) is 0.579. The largest absolute Gasteiger partial charge is 0.450 e. The topological polar surface area (TPSA) is 49.9 Å². The van der Waals surface area contributed by atoms with Crippen molar-refractivity contribution in [3.05, 3.63) is 29.8 Å². The third kappa shape index (κ3) is 6.27. The maximum Gasteiger partial charge on any atom is 0.409 e. The molecule has 2 amide bonds. The summed E-state index contributed by atoms with van der Waals surface area (Å²) >= 11 is 1.82. The standard InChI is InChI=1S/C19H28N2O3S/c1-4-24-19(23)21-11-5-10-20(12-13-21)18(22)14-16-6-8-17(9-7-16)25-15(2)3/h6-9,15H,4-5,10-14H2,1-3H3. The smallest absolute Gasteiger partial charge is 0.409 e. The molecule has 1 aromatic rings. The Morgan fingerprint density at radius 3 is 2.36 bits per heavy atom. The lowest BCUT2D eigenvalue weighted by Crippen LogP contribution is -2.38. The first kappa shape index (κ1) is 19.6. The highest BCUT2D eigenvalue weighted by molar-refractivity contribution is 7.99. The van der Waals surface area contributed by atoms with E-state index in [2.05, 4.69) is 26.0 Å². The van der Waals surface area contributed by atoms with E-state index in [1.54, 1.807) is 11.8 Å².